The second kappa shape index (κ2) is 8.24. The van der Waals surface area contributed by atoms with Crippen molar-refractivity contribution in [2.75, 3.05) is 20.8 Å². The van der Waals surface area contributed by atoms with E-state index in [1.807, 2.05) is 36.4 Å². The number of ether oxygens (including phenoxy) is 2. The van der Waals surface area contributed by atoms with E-state index < -0.39 is 17.4 Å². The third kappa shape index (κ3) is 3.61. The zero-order valence-corrected chi connectivity index (χ0v) is 13.6. The van der Waals surface area contributed by atoms with Gasteiger partial charge in [0.2, 0.25) is 0 Å². The van der Waals surface area contributed by atoms with Crippen LogP contribution in [0.4, 0.5) is 0 Å². The number of methoxy groups -OCH3 is 2. The first-order chi connectivity index (χ1) is 11.6. The van der Waals surface area contributed by atoms with Crippen molar-refractivity contribution in [1.29, 1.82) is 0 Å². The van der Waals surface area contributed by atoms with Crippen LogP contribution in [0, 0.1) is 0 Å². The molecule has 6 nitrogen and oxygen atoms in total. The van der Waals surface area contributed by atoms with Gasteiger partial charge in [-0.2, -0.15) is 0 Å². The summed E-state index contributed by atoms with van der Waals surface area (Å²) in [5.74, 6) is -0.949. The maximum Gasteiger partial charge on any atom is 0.337 e. The molecule has 0 aliphatic carbocycles. The molecule has 2 rings (SSSR count). The molecule has 0 spiro atoms. The molecule has 0 heterocycles. The molecule has 0 fully saturated rings. The Balaban J connectivity index is 2.52. The predicted octanol–water partition coefficient (Wildman–Crippen LogP) is 1.37. The summed E-state index contributed by atoms with van der Waals surface area (Å²) in [5.41, 5.74) is 5.27. The third-order valence-electron chi connectivity index (χ3n) is 3.57. The number of carbonyl (C=O) groups is 2. The van der Waals surface area contributed by atoms with E-state index in [0.29, 0.717) is 11.1 Å². The highest BCUT2D eigenvalue weighted by atomic mass is 16.5. The molecule has 0 aliphatic rings. The zero-order chi connectivity index (χ0) is 17.4. The van der Waals surface area contributed by atoms with E-state index >= 15 is 0 Å². The Labute approximate surface area is 140 Å². The fourth-order valence-corrected chi connectivity index (χ4v) is 2.46. The van der Waals surface area contributed by atoms with Crippen molar-refractivity contribution >= 4 is 11.9 Å². The van der Waals surface area contributed by atoms with Gasteiger partial charge in [0.25, 0.3) is 5.91 Å². The molecular weight excluding hydrogens is 308 g/mol. The number of rotatable bonds is 7. The lowest BCUT2D eigenvalue weighted by Crippen LogP contribution is -2.58. The number of benzene rings is 2. The van der Waals surface area contributed by atoms with Crippen LogP contribution in [0.5, 0.6) is 0 Å². The van der Waals surface area contributed by atoms with E-state index in [2.05, 4.69) is 10.9 Å². The quantitative estimate of drug-likeness (QED) is 0.593. The van der Waals surface area contributed by atoms with Gasteiger partial charge < -0.3 is 9.47 Å². The summed E-state index contributed by atoms with van der Waals surface area (Å²) < 4.78 is 9.83. The Morgan fingerprint density at radius 3 is 1.83 bits per heavy atom. The Morgan fingerprint density at radius 1 is 0.917 bits per heavy atom. The van der Waals surface area contributed by atoms with E-state index in [-0.39, 0.29) is 6.61 Å². The molecule has 0 saturated carbocycles. The van der Waals surface area contributed by atoms with Crippen LogP contribution in [0.2, 0.25) is 0 Å². The molecule has 6 heteroatoms. The summed E-state index contributed by atoms with van der Waals surface area (Å²) >= 11 is 0. The summed E-state index contributed by atoms with van der Waals surface area (Å²) in [4.78, 5) is 24.6. The Kier molecular flexibility index (Phi) is 6.06. The van der Waals surface area contributed by atoms with Gasteiger partial charge in [-0.1, -0.05) is 60.7 Å². The van der Waals surface area contributed by atoms with Crippen molar-refractivity contribution in [2.45, 2.75) is 5.54 Å². The summed E-state index contributed by atoms with van der Waals surface area (Å²) in [6.45, 7) is -0.131. The fraction of sp³-hybridized carbons (Fsp3) is 0.222. The maximum atomic E-state index is 12.7. The van der Waals surface area contributed by atoms with Crippen molar-refractivity contribution in [1.82, 2.24) is 10.9 Å². The normalized spacial score (nSPS) is 10.9. The Hall–Kier alpha value is -2.70. The first kappa shape index (κ1) is 17.7. The van der Waals surface area contributed by atoms with Crippen LogP contribution in [0.15, 0.2) is 60.7 Å². The van der Waals surface area contributed by atoms with Crippen molar-refractivity contribution in [3.8, 4) is 0 Å². The molecule has 126 valence electrons. The van der Waals surface area contributed by atoms with Crippen molar-refractivity contribution in [3.05, 3.63) is 71.8 Å². The SMILES string of the molecule is COCC(=O)NNC(C(=O)OC)(c1ccccc1)c1ccccc1. The van der Waals surface area contributed by atoms with Crippen LogP contribution < -0.4 is 10.9 Å². The Morgan fingerprint density at radius 2 is 1.42 bits per heavy atom. The first-order valence-electron chi connectivity index (χ1n) is 7.39. The number of hydrogen-bond acceptors (Lipinski definition) is 5. The summed E-state index contributed by atoms with van der Waals surface area (Å²) in [6, 6.07) is 18.1. The van der Waals surface area contributed by atoms with E-state index in [0.717, 1.165) is 0 Å². The van der Waals surface area contributed by atoms with Crippen molar-refractivity contribution in [3.63, 3.8) is 0 Å². The standard InChI is InChI=1S/C18H20N2O4/c1-23-13-16(21)19-20-18(17(22)24-2,14-9-5-3-6-10-14)15-11-7-4-8-12-15/h3-12,20H,13H2,1-2H3,(H,19,21). The molecule has 0 aliphatic heterocycles. The second-order valence-electron chi connectivity index (χ2n) is 5.08. The molecule has 0 saturated heterocycles. The van der Waals surface area contributed by atoms with Crippen molar-refractivity contribution < 1.29 is 19.1 Å². The van der Waals surface area contributed by atoms with Crippen LogP contribution >= 0.6 is 0 Å². The molecule has 0 unspecified atom stereocenters. The van der Waals surface area contributed by atoms with Crippen LogP contribution in [0.25, 0.3) is 0 Å². The summed E-state index contributed by atoms with van der Waals surface area (Å²) in [5, 5.41) is 0. The van der Waals surface area contributed by atoms with Crippen molar-refractivity contribution in [2.24, 2.45) is 0 Å². The highest BCUT2D eigenvalue weighted by Gasteiger charge is 2.43. The van der Waals surface area contributed by atoms with Gasteiger partial charge in [-0.05, 0) is 11.1 Å². The van der Waals surface area contributed by atoms with Gasteiger partial charge in [-0.3, -0.25) is 10.2 Å². The van der Waals surface area contributed by atoms with E-state index in [9.17, 15) is 9.59 Å². The zero-order valence-electron chi connectivity index (χ0n) is 13.6. The van der Waals surface area contributed by atoms with Crippen LogP contribution in [0.3, 0.4) is 0 Å². The van der Waals surface area contributed by atoms with Gasteiger partial charge in [0.05, 0.1) is 7.11 Å². The lowest BCUT2D eigenvalue weighted by atomic mass is 9.83. The summed E-state index contributed by atoms with van der Waals surface area (Å²) in [6.07, 6.45) is 0. The Bertz CT molecular complexity index is 634. The minimum absolute atomic E-state index is 0.131. The average Bonchev–Trinajstić information content (AvgIpc) is 2.64. The molecule has 2 N–H and O–H groups in total. The van der Waals surface area contributed by atoms with Gasteiger partial charge >= 0.3 is 5.97 Å². The predicted molar refractivity (Wildman–Crippen MR) is 88.8 cm³/mol. The molecule has 0 radical (unpaired) electrons. The molecule has 0 aromatic heterocycles. The molecule has 1 amide bonds. The second-order valence-corrected chi connectivity index (χ2v) is 5.08. The van der Waals surface area contributed by atoms with Gasteiger partial charge in [-0.25, -0.2) is 10.2 Å². The molecule has 2 aromatic rings. The first-order valence-corrected chi connectivity index (χ1v) is 7.39. The van der Waals surface area contributed by atoms with Gasteiger partial charge in [0, 0.05) is 7.11 Å². The molecule has 24 heavy (non-hydrogen) atoms. The lowest BCUT2D eigenvalue weighted by Gasteiger charge is -2.33. The number of nitrogens with one attached hydrogen (secondary N) is 2. The number of esters is 1. The molecule has 0 atom stereocenters. The maximum absolute atomic E-state index is 12.7. The minimum Gasteiger partial charge on any atom is -0.467 e. The van der Waals surface area contributed by atoms with Gasteiger partial charge in [-0.15, -0.1) is 0 Å². The third-order valence-corrected chi connectivity index (χ3v) is 3.57. The monoisotopic (exact) mass is 328 g/mol. The highest BCUT2D eigenvalue weighted by Crippen LogP contribution is 2.30. The van der Waals surface area contributed by atoms with E-state index in [4.69, 9.17) is 9.47 Å². The van der Waals surface area contributed by atoms with Crippen LogP contribution in [0.1, 0.15) is 11.1 Å². The number of hydrogen-bond donors (Lipinski definition) is 2. The van der Waals surface area contributed by atoms with Gasteiger partial charge in [0.1, 0.15) is 6.61 Å². The molecule has 0 bridgehead atoms. The number of hydrazine groups is 1. The van der Waals surface area contributed by atoms with Gasteiger partial charge in [0.15, 0.2) is 5.54 Å². The van der Waals surface area contributed by atoms with E-state index in [1.165, 1.54) is 14.2 Å². The van der Waals surface area contributed by atoms with Crippen LogP contribution in [-0.4, -0.2) is 32.7 Å². The number of amides is 1. The van der Waals surface area contributed by atoms with E-state index in [1.54, 1.807) is 24.3 Å². The fourth-order valence-electron chi connectivity index (χ4n) is 2.46. The minimum atomic E-state index is -1.37. The smallest absolute Gasteiger partial charge is 0.337 e. The highest BCUT2D eigenvalue weighted by molar-refractivity contribution is 5.88. The lowest BCUT2D eigenvalue weighted by molar-refractivity contribution is -0.148. The van der Waals surface area contributed by atoms with Crippen LogP contribution in [-0.2, 0) is 24.6 Å². The number of carbonyl (C=O) groups excluding carboxylic acids is 2. The molecule has 2 aromatic carbocycles. The summed E-state index contributed by atoms with van der Waals surface area (Å²) in [7, 11) is 2.73. The largest absolute Gasteiger partial charge is 0.467 e. The molecular formula is C18H20N2O4. The average molecular weight is 328 g/mol. The topological polar surface area (TPSA) is 76.7 Å².